The maximum absolute atomic E-state index is 13.0. The van der Waals surface area contributed by atoms with Crippen LogP contribution in [0.1, 0.15) is 16.1 Å². The number of carbonyl (C=O) groups excluding carboxylic acids is 1. The molecule has 0 aliphatic rings. The van der Waals surface area contributed by atoms with Gasteiger partial charge < -0.3 is 14.7 Å². The molecule has 0 aliphatic carbocycles. The van der Waals surface area contributed by atoms with E-state index in [1.165, 1.54) is 41.9 Å². The number of para-hydroxylation sites is 3. The average molecular weight is 487 g/mol. The highest BCUT2D eigenvalue weighted by Crippen LogP contribution is 2.28. The Morgan fingerprint density at radius 1 is 0.971 bits per heavy atom. The van der Waals surface area contributed by atoms with Gasteiger partial charge in [-0.25, -0.2) is 13.4 Å². The van der Waals surface area contributed by atoms with Crippen LogP contribution in [-0.2, 0) is 16.6 Å². The van der Waals surface area contributed by atoms with Crippen LogP contribution in [0, 0.1) is 0 Å². The minimum Gasteiger partial charge on any atom is -0.468 e. The van der Waals surface area contributed by atoms with Crippen molar-refractivity contribution in [2.24, 2.45) is 0 Å². The van der Waals surface area contributed by atoms with Crippen LogP contribution in [0.25, 0.3) is 22.4 Å². The Balaban J connectivity index is 1.35. The van der Waals surface area contributed by atoms with E-state index in [4.69, 9.17) is 4.42 Å². The summed E-state index contributed by atoms with van der Waals surface area (Å²) in [5.74, 6) is 0.819. The third-order valence-electron chi connectivity index (χ3n) is 5.60. The molecule has 0 unspecified atom stereocenters. The SMILES string of the molecule is CN(Cc1ccco1)S(=O)(=O)c1ccc(C(=O)Nc2ccccc2-c2nc3ccccc3[nH]2)cc1. The smallest absolute Gasteiger partial charge is 0.255 e. The summed E-state index contributed by atoms with van der Waals surface area (Å²) in [6.45, 7) is 0.107. The highest BCUT2D eigenvalue weighted by Gasteiger charge is 2.22. The number of imidazole rings is 1. The molecular formula is C26H22N4O4S. The number of sulfonamides is 1. The van der Waals surface area contributed by atoms with E-state index in [-0.39, 0.29) is 17.3 Å². The van der Waals surface area contributed by atoms with E-state index in [9.17, 15) is 13.2 Å². The van der Waals surface area contributed by atoms with Crippen LogP contribution >= 0.6 is 0 Å². The van der Waals surface area contributed by atoms with Gasteiger partial charge in [0.25, 0.3) is 5.91 Å². The lowest BCUT2D eigenvalue weighted by Gasteiger charge is -2.16. The number of carbonyl (C=O) groups is 1. The number of nitrogens with one attached hydrogen (secondary N) is 2. The second-order valence-corrected chi connectivity index (χ2v) is 10.0. The summed E-state index contributed by atoms with van der Waals surface area (Å²) in [5.41, 5.74) is 3.40. The molecule has 1 amide bonds. The number of hydrogen-bond acceptors (Lipinski definition) is 5. The van der Waals surface area contributed by atoms with Crippen molar-refractivity contribution in [1.82, 2.24) is 14.3 Å². The Kier molecular flexibility index (Phi) is 5.94. The van der Waals surface area contributed by atoms with Gasteiger partial charge in [-0.2, -0.15) is 4.31 Å². The van der Waals surface area contributed by atoms with Crippen LogP contribution < -0.4 is 5.32 Å². The molecule has 5 rings (SSSR count). The lowest BCUT2D eigenvalue weighted by molar-refractivity contribution is 0.102. The summed E-state index contributed by atoms with van der Waals surface area (Å²) in [6, 6.07) is 24.3. The first kappa shape index (κ1) is 22.6. The highest BCUT2D eigenvalue weighted by molar-refractivity contribution is 7.89. The van der Waals surface area contributed by atoms with E-state index in [1.807, 2.05) is 42.5 Å². The van der Waals surface area contributed by atoms with Crippen molar-refractivity contribution in [1.29, 1.82) is 0 Å². The van der Waals surface area contributed by atoms with E-state index in [2.05, 4.69) is 15.3 Å². The maximum Gasteiger partial charge on any atom is 0.255 e. The fourth-order valence-corrected chi connectivity index (χ4v) is 4.88. The fourth-order valence-electron chi connectivity index (χ4n) is 3.74. The number of nitrogens with zero attached hydrogens (tertiary/aromatic N) is 2. The quantitative estimate of drug-likeness (QED) is 0.340. The molecule has 3 aromatic carbocycles. The zero-order valence-corrected chi connectivity index (χ0v) is 19.6. The molecule has 8 nitrogen and oxygen atoms in total. The van der Waals surface area contributed by atoms with Crippen LogP contribution in [0.4, 0.5) is 5.69 Å². The van der Waals surface area contributed by atoms with Gasteiger partial charge in [-0.3, -0.25) is 4.79 Å². The van der Waals surface area contributed by atoms with Gasteiger partial charge in [0.2, 0.25) is 10.0 Å². The van der Waals surface area contributed by atoms with Crippen molar-refractivity contribution in [3.05, 3.63) is 103 Å². The standard InChI is InChI=1S/C26H22N4O4S/c1-30(17-19-7-6-16-34-19)35(32,33)20-14-12-18(13-15-20)26(31)29-22-9-3-2-8-21(22)25-27-23-10-4-5-11-24(23)28-25/h2-16H,17H2,1H3,(H,27,28)(H,29,31). The minimum absolute atomic E-state index is 0.0887. The van der Waals surface area contributed by atoms with Gasteiger partial charge >= 0.3 is 0 Å². The van der Waals surface area contributed by atoms with Crippen molar-refractivity contribution in [2.75, 3.05) is 12.4 Å². The summed E-state index contributed by atoms with van der Waals surface area (Å²) in [7, 11) is -2.26. The molecule has 35 heavy (non-hydrogen) atoms. The minimum atomic E-state index is -3.74. The molecule has 9 heteroatoms. The van der Waals surface area contributed by atoms with Gasteiger partial charge in [0, 0.05) is 18.2 Å². The van der Waals surface area contributed by atoms with Crippen molar-refractivity contribution >= 4 is 32.7 Å². The molecule has 2 N–H and O–H groups in total. The maximum atomic E-state index is 13.0. The molecule has 2 heterocycles. The number of furan rings is 1. The number of benzene rings is 3. The van der Waals surface area contributed by atoms with Crippen molar-refractivity contribution in [2.45, 2.75) is 11.4 Å². The first-order valence-corrected chi connectivity index (χ1v) is 12.3. The van der Waals surface area contributed by atoms with Gasteiger partial charge in [0.15, 0.2) is 0 Å². The first-order valence-electron chi connectivity index (χ1n) is 10.9. The third-order valence-corrected chi connectivity index (χ3v) is 7.42. The van der Waals surface area contributed by atoms with Gasteiger partial charge in [-0.15, -0.1) is 0 Å². The Morgan fingerprint density at radius 3 is 2.46 bits per heavy atom. The van der Waals surface area contributed by atoms with Gasteiger partial charge in [0.05, 0.1) is 34.4 Å². The van der Waals surface area contributed by atoms with E-state index in [0.29, 0.717) is 22.8 Å². The molecule has 0 spiro atoms. The van der Waals surface area contributed by atoms with E-state index >= 15 is 0 Å². The number of H-pyrrole nitrogens is 1. The number of aromatic nitrogens is 2. The molecule has 176 valence electrons. The molecule has 0 bridgehead atoms. The second-order valence-electron chi connectivity index (χ2n) is 7.97. The summed E-state index contributed by atoms with van der Waals surface area (Å²) in [5, 5.41) is 2.91. The number of amides is 1. The predicted molar refractivity (Wildman–Crippen MR) is 133 cm³/mol. The molecule has 0 saturated carbocycles. The molecule has 0 atom stereocenters. The first-order chi connectivity index (χ1) is 16.9. The summed E-state index contributed by atoms with van der Waals surface area (Å²) >= 11 is 0. The largest absolute Gasteiger partial charge is 0.468 e. The third kappa shape index (κ3) is 4.59. The molecule has 0 fully saturated rings. The topological polar surface area (TPSA) is 108 Å². The van der Waals surface area contributed by atoms with Crippen molar-refractivity contribution < 1.29 is 17.6 Å². The molecule has 0 saturated heterocycles. The Hall–Kier alpha value is -4.21. The van der Waals surface area contributed by atoms with Gasteiger partial charge in [0.1, 0.15) is 11.6 Å². The van der Waals surface area contributed by atoms with Crippen molar-refractivity contribution in [3.63, 3.8) is 0 Å². The Bertz CT molecular complexity index is 1560. The second kappa shape index (κ2) is 9.21. The Morgan fingerprint density at radius 2 is 1.71 bits per heavy atom. The van der Waals surface area contributed by atoms with Gasteiger partial charge in [-0.1, -0.05) is 24.3 Å². The van der Waals surface area contributed by atoms with E-state index < -0.39 is 10.0 Å². The van der Waals surface area contributed by atoms with Crippen LogP contribution in [0.15, 0.2) is 101 Å². The number of fused-ring (bicyclic) bond motifs is 1. The van der Waals surface area contributed by atoms with E-state index in [1.54, 1.807) is 18.2 Å². The molecule has 5 aromatic rings. The number of aromatic amines is 1. The predicted octanol–water partition coefficient (Wildman–Crippen LogP) is 4.90. The van der Waals surface area contributed by atoms with E-state index in [0.717, 1.165) is 16.6 Å². The summed E-state index contributed by atoms with van der Waals surface area (Å²) < 4.78 is 32.2. The van der Waals surface area contributed by atoms with Crippen LogP contribution in [0.5, 0.6) is 0 Å². The average Bonchev–Trinajstić information content (AvgIpc) is 3.54. The summed E-state index contributed by atoms with van der Waals surface area (Å²) in [6.07, 6.45) is 1.50. The number of hydrogen-bond donors (Lipinski definition) is 2. The van der Waals surface area contributed by atoms with Crippen LogP contribution in [0.2, 0.25) is 0 Å². The molecule has 0 radical (unpaired) electrons. The monoisotopic (exact) mass is 486 g/mol. The molecule has 0 aliphatic heterocycles. The number of rotatable bonds is 7. The van der Waals surface area contributed by atoms with Crippen LogP contribution in [-0.4, -0.2) is 35.6 Å². The van der Waals surface area contributed by atoms with Crippen LogP contribution in [0.3, 0.4) is 0 Å². The Labute approximate surface area is 202 Å². The van der Waals surface area contributed by atoms with Crippen molar-refractivity contribution in [3.8, 4) is 11.4 Å². The molecule has 2 aromatic heterocycles. The number of anilines is 1. The summed E-state index contributed by atoms with van der Waals surface area (Å²) in [4.78, 5) is 20.9. The van der Waals surface area contributed by atoms with Gasteiger partial charge in [-0.05, 0) is 60.7 Å². The lowest BCUT2D eigenvalue weighted by atomic mass is 10.1. The lowest BCUT2D eigenvalue weighted by Crippen LogP contribution is -2.26. The zero-order valence-electron chi connectivity index (χ0n) is 18.8. The fraction of sp³-hybridized carbons (Fsp3) is 0.0769. The highest BCUT2D eigenvalue weighted by atomic mass is 32.2. The normalized spacial score (nSPS) is 11.7. The zero-order chi connectivity index (χ0) is 24.4. The molecular weight excluding hydrogens is 464 g/mol.